The third kappa shape index (κ3) is 4.37. The zero-order valence-corrected chi connectivity index (χ0v) is 17.5. The van der Waals surface area contributed by atoms with E-state index in [1.54, 1.807) is 37.2 Å². The molecule has 1 aliphatic rings. The van der Waals surface area contributed by atoms with Gasteiger partial charge in [0.2, 0.25) is 5.91 Å². The van der Waals surface area contributed by atoms with Crippen LogP contribution in [0.15, 0.2) is 41.1 Å². The minimum Gasteiger partial charge on any atom is -0.451 e. The number of carbonyl (C=O) groups excluding carboxylic acids is 2. The maximum Gasteiger partial charge on any atom is 0.289 e. The molecular weight excluding hydrogens is 382 g/mol. The third-order valence-corrected chi connectivity index (χ3v) is 5.68. The van der Waals surface area contributed by atoms with E-state index >= 15 is 0 Å². The van der Waals surface area contributed by atoms with Gasteiger partial charge in [-0.3, -0.25) is 14.3 Å². The van der Waals surface area contributed by atoms with Gasteiger partial charge in [-0.05, 0) is 36.6 Å². The van der Waals surface area contributed by atoms with Crippen molar-refractivity contribution in [2.75, 3.05) is 27.2 Å². The molecule has 8 nitrogen and oxygen atoms in total. The van der Waals surface area contributed by atoms with Crippen molar-refractivity contribution in [2.24, 2.45) is 0 Å². The Balaban J connectivity index is 1.48. The Labute approximate surface area is 175 Å². The number of carbonyl (C=O) groups is 2. The number of hydrogen-bond acceptors (Lipinski definition) is 5. The van der Waals surface area contributed by atoms with Gasteiger partial charge in [0, 0.05) is 51.1 Å². The Morgan fingerprint density at radius 1 is 1.23 bits per heavy atom. The predicted molar refractivity (Wildman–Crippen MR) is 112 cm³/mol. The number of likely N-dealkylation sites (tertiary alicyclic amines) is 1. The van der Waals surface area contributed by atoms with Crippen LogP contribution in [0, 0.1) is 0 Å². The second-order valence-electron chi connectivity index (χ2n) is 8.06. The quantitative estimate of drug-likeness (QED) is 0.647. The highest BCUT2D eigenvalue weighted by molar-refractivity contribution is 5.96. The minimum absolute atomic E-state index is 0.147. The summed E-state index contributed by atoms with van der Waals surface area (Å²) in [6.07, 6.45) is 6.96. The van der Waals surface area contributed by atoms with Crippen LogP contribution in [0.4, 0.5) is 0 Å². The second-order valence-corrected chi connectivity index (χ2v) is 8.06. The van der Waals surface area contributed by atoms with Crippen molar-refractivity contribution < 1.29 is 14.0 Å². The molecule has 158 valence electrons. The zero-order chi connectivity index (χ0) is 21.1. The molecule has 3 aromatic rings. The van der Waals surface area contributed by atoms with Gasteiger partial charge in [-0.1, -0.05) is 17.7 Å². The fourth-order valence-corrected chi connectivity index (χ4v) is 4.00. The fraction of sp³-hybridized carbons (Fsp3) is 0.455. The molecule has 2 aromatic heterocycles. The molecule has 1 fully saturated rings. The summed E-state index contributed by atoms with van der Waals surface area (Å²) in [5.41, 5.74) is 1.89. The average Bonchev–Trinajstić information content (AvgIpc) is 3.34. The summed E-state index contributed by atoms with van der Waals surface area (Å²) in [5, 5.41) is 8.63. The summed E-state index contributed by atoms with van der Waals surface area (Å²) >= 11 is 0. The molecule has 1 aliphatic heterocycles. The highest BCUT2D eigenvalue weighted by atomic mass is 16.3. The lowest BCUT2D eigenvalue weighted by atomic mass is 9.93. The summed E-state index contributed by atoms with van der Waals surface area (Å²) in [5.74, 6) is 0.625. The van der Waals surface area contributed by atoms with Crippen LogP contribution >= 0.6 is 0 Å². The molecule has 1 atom stereocenters. The molecule has 1 aromatic carbocycles. The van der Waals surface area contributed by atoms with Crippen LogP contribution < -0.4 is 0 Å². The van der Waals surface area contributed by atoms with Gasteiger partial charge in [0.1, 0.15) is 5.58 Å². The van der Waals surface area contributed by atoms with Gasteiger partial charge < -0.3 is 14.2 Å². The van der Waals surface area contributed by atoms with E-state index in [1.807, 2.05) is 11.0 Å². The molecule has 1 saturated heterocycles. The number of rotatable bonds is 5. The molecule has 0 saturated carbocycles. The molecule has 3 heterocycles. The molecule has 0 bridgehead atoms. The van der Waals surface area contributed by atoms with Crippen LogP contribution in [-0.2, 0) is 11.3 Å². The molecule has 0 aliphatic carbocycles. The maximum atomic E-state index is 12.8. The number of aromatic nitrogens is 3. The van der Waals surface area contributed by atoms with E-state index in [0.717, 1.165) is 31.2 Å². The first-order valence-electron chi connectivity index (χ1n) is 10.4. The summed E-state index contributed by atoms with van der Waals surface area (Å²) in [4.78, 5) is 28.5. The SMILES string of the molecule is CN(C)C(=O)c1cc2cc(C3CCCCN(C(=O)CCn4ccnn4)C3)ccc2o1. The number of aryl methyl sites for hydroxylation is 1. The Morgan fingerprint density at radius 2 is 2.10 bits per heavy atom. The molecule has 0 radical (unpaired) electrons. The normalized spacial score (nSPS) is 17.1. The van der Waals surface area contributed by atoms with E-state index < -0.39 is 0 Å². The summed E-state index contributed by atoms with van der Waals surface area (Å²) in [6.45, 7) is 2.05. The Morgan fingerprint density at radius 3 is 2.87 bits per heavy atom. The Kier molecular flexibility index (Phi) is 5.83. The van der Waals surface area contributed by atoms with Crippen molar-refractivity contribution in [3.63, 3.8) is 0 Å². The van der Waals surface area contributed by atoms with E-state index in [2.05, 4.69) is 22.4 Å². The maximum absolute atomic E-state index is 12.8. The average molecular weight is 409 g/mol. The van der Waals surface area contributed by atoms with Gasteiger partial charge in [0.15, 0.2) is 5.76 Å². The lowest BCUT2D eigenvalue weighted by Gasteiger charge is -2.25. The molecule has 0 N–H and O–H groups in total. The fourth-order valence-electron chi connectivity index (χ4n) is 4.00. The highest BCUT2D eigenvalue weighted by Gasteiger charge is 2.24. The topological polar surface area (TPSA) is 84.5 Å². The van der Waals surface area contributed by atoms with E-state index in [-0.39, 0.29) is 17.7 Å². The van der Waals surface area contributed by atoms with Crippen LogP contribution in [0.5, 0.6) is 0 Å². The monoisotopic (exact) mass is 409 g/mol. The van der Waals surface area contributed by atoms with E-state index in [1.165, 1.54) is 10.5 Å². The van der Waals surface area contributed by atoms with E-state index in [0.29, 0.717) is 30.9 Å². The first-order valence-corrected chi connectivity index (χ1v) is 10.4. The number of benzene rings is 1. The van der Waals surface area contributed by atoms with Crippen molar-refractivity contribution in [1.82, 2.24) is 24.8 Å². The minimum atomic E-state index is -0.147. The van der Waals surface area contributed by atoms with E-state index in [4.69, 9.17) is 4.42 Å². The molecule has 2 amide bonds. The van der Waals surface area contributed by atoms with Crippen molar-refractivity contribution >= 4 is 22.8 Å². The molecule has 1 unspecified atom stereocenters. The number of fused-ring (bicyclic) bond motifs is 1. The van der Waals surface area contributed by atoms with Gasteiger partial charge in [-0.25, -0.2) is 0 Å². The molecule has 4 rings (SSSR count). The van der Waals surface area contributed by atoms with Crippen molar-refractivity contribution in [1.29, 1.82) is 0 Å². The summed E-state index contributed by atoms with van der Waals surface area (Å²) < 4.78 is 7.40. The number of nitrogens with zero attached hydrogens (tertiary/aromatic N) is 5. The smallest absolute Gasteiger partial charge is 0.289 e. The lowest BCUT2D eigenvalue weighted by molar-refractivity contribution is -0.131. The van der Waals surface area contributed by atoms with Crippen LogP contribution in [0.25, 0.3) is 11.0 Å². The van der Waals surface area contributed by atoms with Gasteiger partial charge >= 0.3 is 0 Å². The highest BCUT2D eigenvalue weighted by Crippen LogP contribution is 2.30. The second kappa shape index (κ2) is 8.69. The third-order valence-electron chi connectivity index (χ3n) is 5.68. The van der Waals surface area contributed by atoms with Crippen LogP contribution in [-0.4, -0.2) is 63.8 Å². The van der Waals surface area contributed by atoms with Crippen LogP contribution in [0.2, 0.25) is 0 Å². The molecule has 0 spiro atoms. The molecular formula is C22H27N5O3. The Bertz CT molecular complexity index is 1020. The van der Waals surface area contributed by atoms with Gasteiger partial charge in [-0.15, -0.1) is 5.10 Å². The Hall–Kier alpha value is -3.16. The van der Waals surface area contributed by atoms with Gasteiger partial charge in [0.05, 0.1) is 12.7 Å². The number of furan rings is 1. The standard InChI is InChI=1S/C22H27N5O3/c1-25(2)22(29)20-14-18-13-16(6-7-19(18)30-20)17-5-3-4-10-26(15-17)21(28)8-11-27-12-9-23-24-27/h6-7,9,12-14,17H,3-5,8,10-11,15H2,1-2H3. The van der Waals surface area contributed by atoms with Crippen molar-refractivity contribution in [3.05, 3.63) is 48.0 Å². The lowest BCUT2D eigenvalue weighted by Crippen LogP contribution is -2.34. The number of amides is 2. The van der Waals surface area contributed by atoms with Crippen molar-refractivity contribution in [2.45, 2.75) is 38.1 Å². The first-order chi connectivity index (χ1) is 14.5. The molecule has 8 heteroatoms. The van der Waals surface area contributed by atoms with Crippen LogP contribution in [0.3, 0.4) is 0 Å². The summed E-state index contributed by atoms with van der Waals surface area (Å²) in [7, 11) is 3.42. The first kappa shape index (κ1) is 20.1. The van der Waals surface area contributed by atoms with E-state index in [9.17, 15) is 9.59 Å². The van der Waals surface area contributed by atoms with Crippen molar-refractivity contribution in [3.8, 4) is 0 Å². The summed E-state index contributed by atoms with van der Waals surface area (Å²) in [6, 6.07) is 7.89. The largest absolute Gasteiger partial charge is 0.451 e. The number of hydrogen-bond donors (Lipinski definition) is 0. The predicted octanol–water partition coefficient (Wildman–Crippen LogP) is 2.91. The zero-order valence-electron chi connectivity index (χ0n) is 17.5. The van der Waals surface area contributed by atoms with Gasteiger partial charge in [-0.2, -0.15) is 0 Å². The van der Waals surface area contributed by atoms with Gasteiger partial charge in [0.25, 0.3) is 5.91 Å². The molecule has 30 heavy (non-hydrogen) atoms. The van der Waals surface area contributed by atoms with Crippen LogP contribution in [0.1, 0.15) is 47.7 Å².